The molecule has 0 fully saturated rings. The van der Waals surface area contributed by atoms with Gasteiger partial charge >= 0.3 is 10.8 Å². The van der Waals surface area contributed by atoms with Crippen LogP contribution in [-0.2, 0) is 0 Å². The van der Waals surface area contributed by atoms with Crippen molar-refractivity contribution < 1.29 is 13.2 Å². The summed E-state index contributed by atoms with van der Waals surface area (Å²) >= 11 is 10.2. The molecule has 11 heavy (non-hydrogen) atoms. The summed E-state index contributed by atoms with van der Waals surface area (Å²) in [5, 5.41) is 5.49. The van der Waals surface area contributed by atoms with Gasteiger partial charge < -0.3 is 0 Å². The number of hydrogen-bond acceptors (Lipinski definition) is 3. The molecule has 0 atom stereocenters. The van der Waals surface area contributed by atoms with E-state index in [1.807, 2.05) is 0 Å². The van der Waals surface area contributed by atoms with Crippen molar-refractivity contribution in [3.8, 4) is 0 Å². The number of amidine groups is 1. The average Bonchev–Trinajstić information content (AvgIpc) is 2.07. The lowest BCUT2D eigenvalue weighted by molar-refractivity contribution is -0.0597. The van der Waals surface area contributed by atoms with E-state index in [2.05, 4.69) is 15.2 Å². The van der Waals surface area contributed by atoms with Crippen LogP contribution >= 0.6 is 23.2 Å². The number of alkyl halides is 5. The van der Waals surface area contributed by atoms with Gasteiger partial charge in [0.1, 0.15) is 0 Å². The third kappa shape index (κ3) is 2.03. The molecule has 0 bridgehead atoms. The fourth-order valence-corrected chi connectivity index (χ4v) is 0.635. The van der Waals surface area contributed by atoms with Gasteiger partial charge in [0.05, 0.1) is 0 Å². The largest absolute Gasteiger partial charge is 0.453 e. The molecule has 0 unspecified atom stereocenters. The molecule has 0 spiro atoms. The molecular formula is C3Cl2F3N3. The van der Waals surface area contributed by atoms with Crippen molar-refractivity contribution in [3.63, 3.8) is 0 Å². The van der Waals surface area contributed by atoms with E-state index >= 15 is 0 Å². The van der Waals surface area contributed by atoms with Crippen molar-refractivity contribution in [2.24, 2.45) is 15.2 Å². The minimum Gasteiger partial charge on any atom is -0.199 e. The summed E-state index contributed by atoms with van der Waals surface area (Å²) in [6.45, 7) is 0. The lowest BCUT2D eigenvalue weighted by Crippen LogP contribution is -2.19. The Morgan fingerprint density at radius 3 is 2.00 bits per heavy atom. The Balaban J connectivity index is 2.89. The van der Waals surface area contributed by atoms with Crippen molar-refractivity contribution in [1.82, 2.24) is 0 Å². The van der Waals surface area contributed by atoms with Crippen LogP contribution in [0.15, 0.2) is 15.2 Å². The highest BCUT2D eigenvalue weighted by Crippen LogP contribution is 2.33. The maximum atomic E-state index is 11.7. The maximum absolute atomic E-state index is 11.7. The highest BCUT2D eigenvalue weighted by molar-refractivity contribution is 6.48. The third-order valence-corrected chi connectivity index (χ3v) is 1.08. The van der Waals surface area contributed by atoms with Gasteiger partial charge in [-0.2, -0.15) is 18.2 Å². The van der Waals surface area contributed by atoms with Crippen molar-refractivity contribution in [2.45, 2.75) is 10.8 Å². The van der Waals surface area contributed by atoms with Gasteiger partial charge in [-0.15, -0.1) is 10.2 Å². The van der Waals surface area contributed by atoms with Gasteiger partial charge in [-0.25, -0.2) is 0 Å². The summed E-state index contributed by atoms with van der Waals surface area (Å²) < 4.78 is 33.0. The number of rotatable bonds is 0. The number of azo groups is 1. The van der Waals surface area contributed by atoms with Crippen LogP contribution < -0.4 is 0 Å². The first-order valence-electron chi connectivity index (χ1n) is 2.29. The van der Waals surface area contributed by atoms with Crippen LogP contribution in [0.3, 0.4) is 0 Å². The molecule has 0 aliphatic carbocycles. The van der Waals surface area contributed by atoms with E-state index in [-0.39, 0.29) is 0 Å². The molecule has 3 nitrogen and oxygen atoms in total. The lowest BCUT2D eigenvalue weighted by atomic mass is 10.6. The van der Waals surface area contributed by atoms with E-state index in [0.29, 0.717) is 0 Å². The second-order valence-corrected chi connectivity index (χ2v) is 2.89. The molecule has 1 aliphatic rings. The molecular weight excluding hydrogens is 206 g/mol. The second-order valence-electron chi connectivity index (χ2n) is 1.64. The Morgan fingerprint density at radius 2 is 1.82 bits per heavy atom. The van der Waals surface area contributed by atoms with Crippen LogP contribution in [0.4, 0.5) is 13.2 Å². The zero-order chi connectivity index (χ0) is 8.70. The molecule has 0 N–H and O–H groups in total. The topological polar surface area (TPSA) is 37.1 Å². The van der Waals surface area contributed by atoms with E-state index in [1.54, 1.807) is 0 Å². The van der Waals surface area contributed by atoms with Crippen molar-refractivity contribution in [1.29, 1.82) is 0 Å². The Morgan fingerprint density at radius 1 is 1.27 bits per heavy atom. The lowest BCUT2D eigenvalue weighted by Gasteiger charge is -2.01. The molecule has 0 aromatic carbocycles. The summed E-state index contributed by atoms with van der Waals surface area (Å²) in [4.78, 5) is 2.78. The van der Waals surface area contributed by atoms with E-state index in [4.69, 9.17) is 23.2 Å². The van der Waals surface area contributed by atoms with Crippen LogP contribution in [0, 0.1) is 0 Å². The molecule has 62 valence electrons. The molecule has 1 aliphatic heterocycles. The van der Waals surface area contributed by atoms with Gasteiger partial charge in [0.25, 0.3) is 5.84 Å². The number of hydrogen-bond donors (Lipinski definition) is 0. The fourth-order valence-electron chi connectivity index (χ4n) is 0.400. The average molecular weight is 206 g/mol. The molecule has 8 heteroatoms. The zero-order valence-electron chi connectivity index (χ0n) is 4.73. The summed E-state index contributed by atoms with van der Waals surface area (Å²) in [6, 6.07) is 0. The van der Waals surface area contributed by atoms with Gasteiger partial charge in [0, 0.05) is 0 Å². The Labute approximate surface area is 68.9 Å². The quantitative estimate of drug-likeness (QED) is 0.431. The molecule has 0 aromatic heterocycles. The maximum Gasteiger partial charge on any atom is 0.453 e. The van der Waals surface area contributed by atoms with E-state index in [0.717, 1.165) is 0 Å². The standard InChI is InChI=1S/C3Cl2F3N3/c4-3(5)9-1(10-11-3)2(6,7)8. The zero-order valence-corrected chi connectivity index (χ0v) is 6.24. The molecule has 0 saturated carbocycles. The Hall–Kier alpha value is -0.360. The highest BCUT2D eigenvalue weighted by Gasteiger charge is 2.43. The first kappa shape index (κ1) is 8.73. The van der Waals surface area contributed by atoms with Crippen molar-refractivity contribution >= 4 is 29.0 Å². The summed E-state index contributed by atoms with van der Waals surface area (Å²) in [5.74, 6) is -1.41. The molecule has 0 amide bonds. The number of halogens is 5. The normalized spacial score (nSPS) is 22.1. The SMILES string of the molecule is FC(F)(F)C1=NC(Cl)(Cl)N=N1. The van der Waals surface area contributed by atoms with E-state index < -0.39 is 16.6 Å². The molecule has 0 radical (unpaired) electrons. The summed E-state index contributed by atoms with van der Waals surface area (Å²) in [5.41, 5.74) is 0. The number of nitrogens with zero attached hydrogens (tertiary/aromatic N) is 3. The van der Waals surface area contributed by atoms with Crippen LogP contribution in [0.5, 0.6) is 0 Å². The predicted molar refractivity (Wildman–Crippen MR) is 32.8 cm³/mol. The highest BCUT2D eigenvalue weighted by atomic mass is 35.5. The van der Waals surface area contributed by atoms with Gasteiger partial charge in [0.2, 0.25) is 0 Å². The first-order valence-corrected chi connectivity index (χ1v) is 3.05. The van der Waals surface area contributed by atoms with E-state index in [9.17, 15) is 13.2 Å². The summed E-state index contributed by atoms with van der Waals surface area (Å²) in [6.07, 6.45) is -4.64. The van der Waals surface area contributed by atoms with Gasteiger partial charge in [0.15, 0.2) is 0 Å². The minimum absolute atomic E-state index is 1.41. The summed E-state index contributed by atoms with van der Waals surface area (Å²) in [7, 11) is 0. The molecule has 1 heterocycles. The monoisotopic (exact) mass is 205 g/mol. The number of aliphatic imine (C=N–C) groups is 1. The molecule has 0 aromatic rings. The minimum atomic E-state index is -4.64. The van der Waals surface area contributed by atoms with E-state index in [1.165, 1.54) is 0 Å². The van der Waals surface area contributed by atoms with Crippen molar-refractivity contribution in [2.75, 3.05) is 0 Å². The molecule has 1 rings (SSSR count). The van der Waals surface area contributed by atoms with Gasteiger partial charge in [-0.1, -0.05) is 0 Å². The Kier molecular flexibility index (Phi) is 1.84. The first-order chi connectivity index (χ1) is 4.81. The van der Waals surface area contributed by atoms with Crippen LogP contribution in [0.1, 0.15) is 0 Å². The second kappa shape index (κ2) is 2.31. The van der Waals surface area contributed by atoms with Crippen molar-refractivity contribution in [3.05, 3.63) is 0 Å². The fraction of sp³-hybridized carbons (Fsp3) is 0.667. The van der Waals surface area contributed by atoms with Crippen LogP contribution in [0.2, 0.25) is 0 Å². The smallest absolute Gasteiger partial charge is 0.199 e. The molecule has 0 saturated heterocycles. The Bertz CT molecular complexity index is 230. The third-order valence-electron chi connectivity index (χ3n) is 0.759. The predicted octanol–water partition coefficient (Wildman–Crippen LogP) is 2.50. The van der Waals surface area contributed by atoms with Crippen LogP contribution in [-0.4, -0.2) is 16.6 Å². The van der Waals surface area contributed by atoms with Gasteiger partial charge in [-0.3, -0.25) is 0 Å². The van der Waals surface area contributed by atoms with Crippen LogP contribution in [0.25, 0.3) is 0 Å². The van der Waals surface area contributed by atoms with Gasteiger partial charge in [-0.05, 0) is 23.2 Å².